The van der Waals surface area contributed by atoms with Crippen molar-refractivity contribution in [3.8, 4) is 0 Å². The van der Waals surface area contributed by atoms with E-state index in [1.165, 1.54) is 5.56 Å². The molecule has 0 spiro atoms. The van der Waals surface area contributed by atoms with Crippen molar-refractivity contribution in [1.29, 1.82) is 0 Å². The van der Waals surface area contributed by atoms with Crippen LogP contribution in [0.2, 0.25) is 0 Å². The van der Waals surface area contributed by atoms with E-state index in [4.69, 9.17) is 4.74 Å². The largest absolute Gasteiger partial charge is 0.372 e. The molecule has 0 amide bonds. The van der Waals surface area contributed by atoms with Gasteiger partial charge >= 0.3 is 0 Å². The van der Waals surface area contributed by atoms with E-state index < -0.39 is 0 Å². The standard InChI is InChI=1S/C16H25N5O/c1-13(6-9-21-8-4-7-17-21)19-15-5-3-10-22-16(15)14-11-18-20(2)12-14/h4,7-8,11-13,15-16,19H,3,5-6,9-10H2,1-2H3/t13-,15+,16-/m1/s1. The third-order valence-corrected chi connectivity index (χ3v) is 4.22. The highest BCUT2D eigenvalue weighted by Gasteiger charge is 2.29. The minimum Gasteiger partial charge on any atom is -0.372 e. The molecule has 1 fully saturated rings. The third-order valence-electron chi connectivity index (χ3n) is 4.22. The summed E-state index contributed by atoms with van der Waals surface area (Å²) in [6.07, 6.45) is 11.2. The molecule has 0 saturated carbocycles. The molecule has 2 aromatic rings. The molecule has 120 valence electrons. The fourth-order valence-electron chi connectivity index (χ4n) is 3.07. The molecule has 6 nitrogen and oxygen atoms in total. The van der Waals surface area contributed by atoms with E-state index in [1.54, 1.807) is 0 Å². The van der Waals surface area contributed by atoms with Crippen LogP contribution < -0.4 is 5.32 Å². The number of rotatable bonds is 6. The van der Waals surface area contributed by atoms with Crippen LogP contribution in [-0.2, 0) is 18.3 Å². The zero-order valence-electron chi connectivity index (χ0n) is 13.4. The maximum Gasteiger partial charge on any atom is 0.101 e. The molecule has 2 aromatic heterocycles. The number of nitrogens with zero attached hydrogens (tertiary/aromatic N) is 4. The lowest BCUT2D eigenvalue weighted by atomic mass is 9.97. The number of hydrogen-bond donors (Lipinski definition) is 1. The molecule has 0 aliphatic carbocycles. The second kappa shape index (κ2) is 7.07. The minimum atomic E-state index is 0.106. The molecule has 6 heteroatoms. The average molecular weight is 303 g/mol. The van der Waals surface area contributed by atoms with Gasteiger partial charge in [0.2, 0.25) is 0 Å². The fourth-order valence-corrected chi connectivity index (χ4v) is 3.07. The highest BCUT2D eigenvalue weighted by Crippen LogP contribution is 2.28. The van der Waals surface area contributed by atoms with Gasteiger partial charge in [-0.15, -0.1) is 0 Å². The van der Waals surface area contributed by atoms with Crippen molar-refractivity contribution >= 4 is 0 Å². The molecule has 1 N–H and O–H groups in total. The van der Waals surface area contributed by atoms with Gasteiger partial charge in [-0.25, -0.2) is 0 Å². The van der Waals surface area contributed by atoms with E-state index in [0.717, 1.165) is 32.4 Å². The molecular formula is C16H25N5O. The summed E-state index contributed by atoms with van der Waals surface area (Å²) in [5.74, 6) is 0. The molecule has 1 saturated heterocycles. The molecule has 3 atom stereocenters. The number of ether oxygens (including phenoxy) is 1. The van der Waals surface area contributed by atoms with E-state index in [9.17, 15) is 0 Å². The lowest BCUT2D eigenvalue weighted by Gasteiger charge is -2.34. The van der Waals surface area contributed by atoms with Crippen molar-refractivity contribution in [3.63, 3.8) is 0 Å². The molecule has 0 radical (unpaired) electrons. The molecule has 1 aliphatic rings. The van der Waals surface area contributed by atoms with Crippen LogP contribution in [0.25, 0.3) is 0 Å². The van der Waals surface area contributed by atoms with Crippen molar-refractivity contribution < 1.29 is 4.74 Å². The van der Waals surface area contributed by atoms with Gasteiger partial charge in [-0.1, -0.05) is 0 Å². The molecule has 3 heterocycles. The van der Waals surface area contributed by atoms with E-state index in [1.807, 2.05) is 41.1 Å². The topological polar surface area (TPSA) is 56.9 Å². The van der Waals surface area contributed by atoms with Crippen LogP contribution in [0.4, 0.5) is 0 Å². The summed E-state index contributed by atoms with van der Waals surface area (Å²) < 4.78 is 9.83. The Balaban J connectivity index is 1.56. The lowest BCUT2D eigenvalue weighted by Crippen LogP contribution is -2.44. The number of hydrogen-bond acceptors (Lipinski definition) is 4. The molecule has 3 rings (SSSR count). The van der Waals surface area contributed by atoms with Crippen molar-refractivity contribution in [2.45, 2.75) is 50.9 Å². The summed E-state index contributed by atoms with van der Waals surface area (Å²) >= 11 is 0. The van der Waals surface area contributed by atoms with Gasteiger partial charge in [0.05, 0.1) is 6.20 Å². The lowest BCUT2D eigenvalue weighted by molar-refractivity contribution is -0.0137. The Bertz CT molecular complexity index is 565. The maximum atomic E-state index is 6.01. The fraction of sp³-hybridized carbons (Fsp3) is 0.625. The Kier molecular flexibility index (Phi) is 4.90. The average Bonchev–Trinajstić information content (AvgIpc) is 3.17. The minimum absolute atomic E-state index is 0.106. The summed E-state index contributed by atoms with van der Waals surface area (Å²) in [6.45, 7) is 4.00. The van der Waals surface area contributed by atoms with Gasteiger partial charge in [-0.3, -0.25) is 9.36 Å². The quantitative estimate of drug-likeness (QED) is 0.885. The second-order valence-electron chi connectivity index (χ2n) is 6.11. The first-order valence-corrected chi connectivity index (χ1v) is 8.06. The Labute approximate surface area is 131 Å². The number of aryl methyl sites for hydroxylation is 2. The van der Waals surface area contributed by atoms with E-state index in [2.05, 4.69) is 28.6 Å². The third kappa shape index (κ3) is 3.75. The van der Waals surface area contributed by atoms with E-state index >= 15 is 0 Å². The summed E-state index contributed by atoms with van der Waals surface area (Å²) in [6, 6.07) is 2.74. The molecule has 0 bridgehead atoms. The van der Waals surface area contributed by atoms with Crippen LogP contribution in [0.5, 0.6) is 0 Å². The number of nitrogens with one attached hydrogen (secondary N) is 1. The van der Waals surface area contributed by atoms with Gasteiger partial charge in [-0.2, -0.15) is 10.2 Å². The molecule has 0 unspecified atom stereocenters. The molecule has 0 aromatic carbocycles. The van der Waals surface area contributed by atoms with Crippen molar-refractivity contribution in [2.24, 2.45) is 7.05 Å². The zero-order chi connectivity index (χ0) is 15.4. The molecular weight excluding hydrogens is 278 g/mol. The Morgan fingerprint density at radius 2 is 2.36 bits per heavy atom. The van der Waals surface area contributed by atoms with Crippen LogP contribution in [0.15, 0.2) is 30.9 Å². The first-order chi connectivity index (χ1) is 10.7. The van der Waals surface area contributed by atoms with Gasteiger partial charge in [0.25, 0.3) is 0 Å². The summed E-state index contributed by atoms with van der Waals surface area (Å²) in [5, 5.41) is 12.3. The highest BCUT2D eigenvalue weighted by atomic mass is 16.5. The van der Waals surface area contributed by atoms with Crippen LogP contribution in [0.3, 0.4) is 0 Å². The molecule has 1 aliphatic heterocycles. The highest BCUT2D eigenvalue weighted by molar-refractivity contribution is 5.12. The van der Waals surface area contributed by atoms with Crippen molar-refractivity contribution in [3.05, 3.63) is 36.4 Å². The van der Waals surface area contributed by atoms with E-state index in [0.29, 0.717) is 12.1 Å². The predicted molar refractivity (Wildman–Crippen MR) is 84.4 cm³/mol. The maximum absolute atomic E-state index is 6.01. The van der Waals surface area contributed by atoms with Gasteiger partial charge in [-0.05, 0) is 32.3 Å². The second-order valence-corrected chi connectivity index (χ2v) is 6.11. The Hall–Kier alpha value is -1.66. The van der Waals surface area contributed by atoms with Gasteiger partial charge < -0.3 is 10.1 Å². The summed E-state index contributed by atoms with van der Waals surface area (Å²) in [4.78, 5) is 0. The van der Waals surface area contributed by atoms with Gasteiger partial charge in [0, 0.05) is 56.4 Å². The van der Waals surface area contributed by atoms with Crippen LogP contribution >= 0.6 is 0 Å². The first-order valence-electron chi connectivity index (χ1n) is 8.06. The van der Waals surface area contributed by atoms with Gasteiger partial charge in [0.1, 0.15) is 6.10 Å². The van der Waals surface area contributed by atoms with Crippen LogP contribution in [0, 0.1) is 0 Å². The predicted octanol–water partition coefficient (Wildman–Crippen LogP) is 1.91. The monoisotopic (exact) mass is 303 g/mol. The van der Waals surface area contributed by atoms with Crippen LogP contribution in [-0.4, -0.2) is 38.3 Å². The van der Waals surface area contributed by atoms with Crippen molar-refractivity contribution in [2.75, 3.05) is 6.61 Å². The Morgan fingerprint density at radius 3 is 3.09 bits per heavy atom. The summed E-state index contributed by atoms with van der Waals surface area (Å²) in [5.41, 5.74) is 1.17. The SMILES string of the molecule is C[C@H](CCn1cccn1)N[C@H]1CCCO[C@@H]1c1cnn(C)c1. The number of aromatic nitrogens is 4. The molecule has 22 heavy (non-hydrogen) atoms. The normalized spacial score (nSPS) is 23.5. The Morgan fingerprint density at radius 1 is 1.45 bits per heavy atom. The van der Waals surface area contributed by atoms with E-state index in [-0.39, 0.29) is 6.10 Å². The van der Waals surface area contributed by atoms with Crippen LogP contribution in [0.1, 0.15) is 37.9 Å². The smallest absolute Gasteiger partial charge is 0.101 e. The zero-order valence-corrected chi connectivity index (χ0v) is 13.4. The summed E-state index contributed by atoms with van der Waals surface area (Å²) in [7, 11) is 1.95. The first kappa shape index (κ1) is 15.2. The van der Waals surface area contributed by atoms with Crippen molar-refractivity contribution in [1.82, 2.24) is 24.9 Å². The van der Waals surface area contributed by atoms with Gasteiger partial charge in [0.15, 0.2) is 0 Å².